The summed E-state index contributed by atoms with van der Waals surface area (Å²) >= 11 is 0. The largest absolute Gasteiger partial charge is 0.454 e. The Labute approximate surface area is 194 Å². The van der Waals surface area contributed by atoms with Gasteiger partial charge in [0.1, 0.15) is 17.0 Å². The Hall–Kier alpha value is -4.65. The minimum atomic E-state index is -0.0590. The fraction of sp³-hybridized carbons (Fsp3) is 0.0741. The van der Waals surface area contributed by atoms with Crippen LogP contribution >= 0.6 is 0 Å². The van der Waals surface area contributed by atoms with Crippen molar-refractivity contribution in [2.24, 2.45) is 5.10 Å². The number of H-pyrrole nitrogens is 1. The molecule has 0 bridgehead atoms. The van der Waals surface area contributed by atoms with Crippen LogP contribution in [0.15, 0.2) is 101 Å². The molecular weight excluding hydrogens is 424 g/mol. The summed E-state index contributed by atoms with van der Waals surface area (Å²) in [6.45, 7) is 0. The second-order valence-corrected chi connectivity index (χ2v) is 8.40. The van der Waals surface area contributed by atoms with Crippen molar-refractivity contribution >= 4 is 27.7 Å². The number of nitrogens with zero attached hydrogens (tertiary/aromatic N) is 4. The molecule has 0 amide bonds. The Bertz CT molecular complexity index is 1610. The van der Waals surface area contributed by atoms with E-state index < -0.39 is 0 Å². The van der Waals surface area contributed by atoms with E-state index in [1.54, 1.807) is 0 Å². The number of hydrogen-bond acceptors (Lipinski definition) is 5. The molecule has 7 rings (SSSR count). The topological polar surface area (TPSA) is 84.0 Å². The van der Waals surface area contributed by atoms with Crippen molar-refractivity contribution in [3.63, 3.8) is 0 Å². The number of benzene rings is 3. The molecule has 2 N–H and O–H groups in total. The maximum atomic E-state index is 6.19. The normalized spacial score (nSPS) is 15.6. The van der Waals surface area contributed by atoms with E-state index in [0.29, 0.717) is 6.42 Å². The van der Waals surface area contributed by atoms with Crippen molar-refractivity contribution < 1.29 is 4.42 Å². The van der Waals surface area contributed by atoms with Crippen molar-refractivity contribution in [1.82, 2.24) is 25.2 Å². The first-order chi connectivity index (χ1) is 16.8. The Kier molecular flexibility index (Phi) is 4.14. The number of hydrogen-bond donors (Lipinski definition) is 2. The van der Waals surface area contributed by atoms with E-state index in [-0.39, 0.29) is 6.04 Å². The monoisotopic (exact) mass is 444 g/mol. The summed E-state index contributed by atoms with van der Waals surface area (Å²) in [7, 11) is 0. The molecule has 0 saturated carbocycles. The zero-order valence-corrected chi connectivity index (χ0v) is 18.1. The number of aromatic amines is 1. The number of nitrogens with one attached hydrogen (secondary N) is 2. The molecule has 0 aliphatic carbocycles. The highest BCUT2D eigenvalue weighted by Crippen LogP contribution is 2.33. The standard InChI is InChI=1S/C27H20N6O/c1-2-9-18(10-3-1)33-24(26-14-17-8-4-7-13-25(17)34-26)16-22(32-33)21-15-23(31-30-21)27-28-19-11-5-6-12-20(19)29-27/h1-14,16,21,30H,15H2,(H,28,29). The van der Waals surface area contributed by atoms with Gasteiger partial charge in [0, 0.05) is 11.8 Å². The van der Waals surface area contributed by atoms with Gasteiger partial charge in [-0.1, -0.05) is 48.5 Å². The zero-order valence-electron chi connectivity index (χ0n) is 18.1. The van der Waals surface area contributed by atoms with Crippen LogP contribution < -0.4 is 5.43 Å². The number of imidazole rings is 1. The highest BCUT2D eigenvalue weighted by Gasteiger charge is 2.27. The molecule has 0 saturated heterocycles. The van der Waals surface area contributed by atoms with Gasteiger partial charge in [0.2, 0.25) is 0 Å². The van der Waals surface area contributed by atoms with E-state index in [1.807, 2.05) is 77.5 Å². The van der Waals surface area contributed by atoms with E-state index in [4.69, 9.17) is 14.5 Å². The molecule has 7 heteroatoms. The van der Waals surface area contributed by atoms with Gasteiger partial charge < -0.3 is 14.8 Å². The van der Waals surface area contributed by atoms with E-state index in [2.05, 4.69) is 33.7 Å². The minimum Gasteiger partial charge on any atom is -0.454 e. The third-order valence-electron chi connectivity index (χ3n) is 6.18. The molecule has 1 aliphatic heterocycles. The molecule has 1 atom stereocenters. The van der Waals surface area contributed by atoms with Gasteiger partial charge in [-0.15, -0.1) is 0 Å². The predicted octanol–water partition coefficient (Wildman–Crippen LogP) is 5.60. The zero-order chi connectivity index (χ0) is 22.5. The Morgan fingerprint density at radius 3 is 2.59 bits per heavy atom. The lowest BCUT2D eigenvalue weighted by Crippen LogP contribution is -2.11. The lowest BCUT2D eigenvalue weighted by molar-refractivity contribution is 0.593. The van der Waals surface area contributed by atoms with Gasteiger partial charge in [-0.3, -0.25) is 0 Å². The fourth-order valence-electron chi connectivity index (χ4n) is 4.47. The molecule has 1 aliphatic rings. The van der Waals surface area contributed by atoms with Crippen LogP contribution in [0.1, 0.15) is 24.0 Å². The third kappa shape index (κ3) is 3.09. The molecule has 0 spiro atoms. The molecule has 164 valence electrons. The SMILES string of the molecule is c1ccc(-n2nc(C3CC(c4nc5ccccc5[nH]4)=NN3)cc2-c2cc3ccccc3o2)cc1. The van der Waals surface area contributed by atoms with Crippen molar-refractivity contribution in [3.05, 3.63) is 103 Å². The van der Waals surface area contributed by atoms with Gasteiger partial charge in [0.25, 0.3) is 0 Å². The number of para-hydroxylation sites is 4. The molecule has 6 aromatic rings. The van der Waals surface area contributed by atoms with Crippen LogP contribution in [0.5, 0.6) is 0 Å². The quantitative estimate of drug-likeness (QED) is 0.371. The van der Waals surface area contributed by atoms with Crippen LogP contribution in [0.2, 0.25) is 0 Å². The van der Waals surface area contributed by atoms with Crippen LogP contribution in [-0.4, -0.2) is 25.5 Å². The molecule has 34 heavy (non-hydrogen) atoms. The fourth-order valence-corrected chi connectivity index (χ4v) is 4.47. The summed E-state index contributed by atoms with van der Waals surface area (Å²) in [5.41, 5.74) is 9.71. The molecule has 4 heterocycles. The van der Waals surface area contributed by atoms with Crippen molar-refractivity contribution in [1.29, 1.82) is 0 Å². The summed E-state index contributed by atoms with van der Waals surface area (Å²) in [5, 5.41) is 10.6. The van der Waals surface area contributed by atoms with E-state index in [0.717, 1.165) is 56.4 Å². The van der Waals surface area contributed by atoms with Crippen LogP contribution in [0.25, 0.3) is 39.1 Å². The molecule has 0 radical (unpaired) electrons. The minimum absolute atomic E-state index is 0.0590. The molecule has 1 unspecified atom stereocenters. The van der Waals surface area contributed by atoms with Crippen LogP contribution in [-0.2, 0) is 0 Å². The van der Waals surface area contributed by atoms with E-state index in [9.17, 15) is 0 Å². The maximum absolute atomic E-state index is 6.19. The predicted molar refractivity (Wildman–Crippen MR) is 132 cm³/mol. The van der Waals surface area contributed by atoms with Gasteiger partial charge in [-0.05, 0) is 42.5 Å². The number of furan rings is 1. The van der Waals surface area contributed by atoms with Gasteiger partial charge in [-0.2, -0.15) is 10.2 Å². The number of aromatic nitrogens is 4. The lowest BCUT2D eigenvalue weighted by atomic mass is 10.1. The highest BCUT2D eigenvalue weighted by atomic mass is 16.3. The Morgan fingerprint density at radius 1 is 0.882 bits per heavy atom. The van der Waals surface area contributed by atoms with Crippen molar-refractivity contribution in [2.45, 2.75) is 12.5 Å². The molecule has 7 nitrogen and oxygen atoms in total. The summed E-state index contributed by atoms with van der Waals surface area (Å²) in [6.07, 6.45) is 0.686. The second-order valence-electron chi connectivity index (χ2n) is 8.40. The average Bonchev–Trinajstić information content (AvgIpc) is 3.67. The number of fused-ring (bicyclic) bond motifs is 2. The average molecular weight is 444 g/mol. The van der Waals surface area contributed by atoms with Crippen molar-refractivity contribution in [2.75, 3.05) is 0 Å². The summed E-state index contributed by atoms with van der Waals surface area (Å²) in [6, 6.07) is 30.2. The molecular formula is C27H20N6O. The summed E-state index contributed by atoms with van der Waals surface area (Å²) in [4.78, 5) is 8.07. The lowest BCUT2D eigenvalue weighted by Gasteiger charge is -2.06. The highest BCUT2D eigenvalue weighted by molar-refractivity contribution is 6.01. The van der Waals surface area contributed by atoms with Crippen molar-refractivity contribution in [3.8, 4) is 17.1 Å². The van der Waals surface area contributed by atoms with Gasteiger partial charge in [0.05, 0.1) is 28.5 Å². The Balaban J connectivity index is 1.26. The first-order valence-corrected chi connectivity index (χ1v) is 11.2. The molecule has 0 fully saturated rings. The van der Waals surface area contributed by atoms with E-state index in [1.165, 1.54) is 0 Å². The first-order valence-electron chi connectivity index (χ1n) is 11.2. The van der Waals surface area contributed by atoms with Crippen LogP contribution in [0.4, 0.5) is 0 Å². The maximum Gasteiger partial charge on any atom is 0.154 e. The number of rotatable bonds is 4. The second kappa shape index (κ2) is 7.45. The molecule has 3 aromatic carbocycles. The number of hydrazone groups is 1. The third-order valence-corrected chi connectivity index (χ3v) is 6.18. The summed E-state index contributed by atoms with van der Waals surface area (Å²) in [5.74, 6) is 1.57. The van der Waals surface area contributed by atoms with Crippen LogP contribution in [0, 0.1) is 0 Å². The first kappa shape index (κ1) is 18.9. The van der Waals surface area contributed by atoms with E-state index >= 15 is 0 Å². The summed E-state index contributed by atoms with van der Waals surface area (Å²) < 4.78 is 8.13. The Morgan fingerprint density at radius 2 is 1.71 bits per heavy atom. The van der Waals surface area contributed by atoms with Crippen LogP contribution in [0.3, 0.4) is 0 Å². The van der Waals surface area contributed by atoms with Gasteiger partial charge in [-0.25, -0.2) is 9.67 Å². The smallest absolute Gasteiger partial charge is 0.154 e. The van der Waals surface area contributed by atoms with Gasteiger partial charge >= 0.3 is 0 Å². The van der Waals surface area contributed by atoms with Gasteiger partial charge in [0.15, 0.2) is 11.6 Å². The molecule has 3 aromatic heterocycles.